The minimum Gasteiger partial charge on any atom is -0.444 e. The van der Waals surface area contributed by atoms with Crippen molar-refractivity contribution in [3.05, 3.63) is 0 Å². The maximum atomic E-state index is 11.6. The molecule has 5 nitrogen and oxygen atoms in total. The van der Waals surface area contributed by atoms with Crippen molar-refractivity contribution in [2.45, 2.75) is 64.5 Å². The van der Waals surface area contributed by atoms with Gasteiger partial charge in [-0.2, -0.15) is 0 Å². The number of carbonyl (C=O) groups is 1. The lowest BCUT2D eigenvalue weighted by Crippen LogP contribution is -2.41. The van der Waals surface area contributed by atoms with Gasteiger partial charge in [0.15, 0.2) is 0 Å². The Labute approximate surface area is 119 Å². The van der Waals surface area contributed by atoms with Crippen LogP contribution in [-0.2, 0) is 4.74 Å². The minimum absolute atomic E-state index is 0.163. The van der Waals surface area contributed by atoms with Gasteiger partial charge < -0.3 is 15.3 Å². The molecule has 1 amide bonds. The molecule has 0 aromatic rings. The molecule has 0 heterocycles. The molecular formula is C13H23ClN2O3. The molecule has 19 heavy (non-hydrogen) atoms. The summed E-state index contributed by atoms with van der Waals surface area (Å²) in [6.07, 6.45) is 3.99. The topological polar surface area (TPSA) is 70.9 Å². The minimum atomic E-state index is -0.466. The van der Waals surface area contributed by atoms with Gasteiger partial charge in [-0.15, -0.1) is 0 Å². The van der Waals surface area contributed by atoms with Crippen molar-refractivity contribution in [3.63, 3.8) is 0 Å². The molecule has 1 rings (SSSR count). The Bertz CT molecular complexity index is 331. The fourth-order valence-corrected chi connectivity index (χ4v) is 2.48. The summed E-state index contributed by atoms with van der Waals surface area (Å²) >= 11 is 5.70. The van der Waals surface area contributed by atoms with Gasteiger partial charge >= 0.3 is 6.09 Å². The van der Waals surface area contributed by atoms with E-state index in [-0.39, 0.29) is 17.3 Å². The summed E-state index contributed by atoms with van der Waals surface area (Å²) in [6.45, 7) is 5.54. The van der Waals surface area contributed by atoms with Crippen LogP contribution in [0.15, 0.2) is 5.16 Å². The molecule has 0 aliphatic heterocycles. The standard InChI is InChI=1S/C13H23ClN2O3/c1-13(2,3)19-12(17)15-10-6-4-9(5-7-10)8-11(14)16-18/h9-10,18H,4-8H2,1-3H3,(H,15,17)/b16-11-/t9-,10-. The van der Waals surface area contributed by atoms with Crippen molar-refractivity contribution in [1.82, 2.24) is 5.32 Å². The zero-order chi connectivity index (χ0) is 14.5. The van der Waals surface area contributed by atoms with Crippen LogP contribution in [0.2, 0.25) is 0 Å². The number of carbonyl (C=O) groups excluding carboxylic acids is 1. The number of hydrogen-bond donors (Lipinski definition) is 2. The first-order valence-corrected chi connectivity index (χ1v) is 7.04. The maximum absolute atomic E-state index is 11.6. The monoisotopic (exact) mass is 290 g/mol. The number of ether oxygens (including phenoxy) is 1. The highest BCUT2D eigenvalue weighted by molar-refractivity contribution is 6.65. The van der Waals surface area contributed by atoms with Crippen LogP contribution in [0.4, 0.5) is 4.79 Å². The molecule has 1 aliphatic rings. The van der Waals surface area contributed by atoms with Crippen molar-refractivity contribution in [1.29, 1.82) is 0 Å². The molecule has 0 spiro atoms. The maximum Gasteiger partial charge on any atom is 0.407 e. The Morgan fingerprint density at radius 3 is 2.42 bits per heavy atom. The largest absolute Gasteiger partial charge is 0.444 e. The van der Waals surface area contributed by atoms with E-state index in [1.54, 1.807) is 0 Å². The zero-order valence-electron chi connectivity index (χ0n) is 11.8. The van der Waals surface area contributed by atoms with Crippen LogP contribution >= 0.6 is 11.6 Å². The summed E-state index contributed by atoms with van der Waals surface area (Å²) < 4.78 is 5.23. The Hall–Kier alpha value is -0.970. The van der Waals surface area contributed by atoms with Crippen molar-refractivity contribution in [3.8, 4) is 0 Å². The molecule has 0 atom stereocenters. The van der Waals surface area contributed by atoms with E-state index in [0.717, 1.165) is 25.7 Å². The van der Waals surface area contributed by atoms with Crippen molar-refractivity contribution in [2.24, 2.45) is 11.1 Å². The quantitative estimate of drug-likeness (QED) is 0.475. The van der Waals surface area contributed by atoms with Crippen LogP contribution in [0.3, 0.4) is 0 Å². The van der Waals surface area contributed by atoms with E-state index in [2.05, 4.69) is 10.5 Å². The first-order valence-electron chi connectivity index (χ1n) is 6.66. The second kappa shape index (κ2) is 6.98. The first kappa shape index (κ1) is 16.1. The molecule has 0 aromatic heterocycles. The van der Waals surface area contributed by atoms with Crippen LogP contribution in [0.5, 0.6) is 0 Å². The lowest BCUT2D eigenvalue weighted by Gasteiger charge is -2.29. The molecule has 1 saturated carbocycles. The highest BCUT2D eigenvalue weighted by Crippen LogP contribution is 2.28. The predicted molar refractivity (Wildman–Crippen MR) is 74.8 cm³/mol. The molecular weight excluding hydrogens is 268 g/mol. The Morgan fingerprint density at radius 1 is 1.37 bits per heavy atom. The van der Waals surface area contributed by atoms with E-state index in [9.17, 15) is 4.79 Å². The van der Waals surface area contributed by atoms with Crippen molar-refractivity contribution >= 4 is 22.9 Å². The van der Waals surface area contributed by atoms with Gasteiger partial charge in [0.05, 0.1) is 0 Å². The molecule has 0 radical (unpaired) electrons. The number of nitrogens with one attached hydrogen (secondary N) is 1. The van der Waals surface area contributed by atoms with E-state index in [1.807, 2.05) is 20.8 Å². The van der Waals surface area contributed by atoms with E-state index < -0.39 is 5.60 Å². The number of oxime groups is 1. The van der Waals surface area contributed by atoms with Gasteiger partial charge in [0.1, 0.15) is 10.8 Å². The smallest absolute Gasteiger partial charge is 0.407 e. The van der Waals surface area contributed by atoms with Gasteiger partial charge in [-0.1, -0.05) is 16.8 Å². The third-order valence-corrected chi connectivity index (χ3v) is 3.36. The average Bonchev–Trinajstić information content (AvgIpc) is 2.29. The first-order chi connectivity index (χ1) is 8.80. The summed E-state index contributed by atoms with van der Waals surface area (Å²) in [4.78, 5) is 11.6. The number of halogens is 1. The van der Waals surface area contributed by atoms with Crippen LogP contribution < -0.4 is 5.32 Å². The zero-order valence-corrected chi connectivity index (χ0v) is 12.5. The van der Waals surface area contributed by atoms with Gasteiger partial charge in [-0.05, 0) is 52.4 Å². The highest BCUT2D eigenvalue weighted by Gasteiger charge is 2.25. The van der Waals surface area contributed by atoms with E-state index >= 15 is 0 Å². The molecule has 0 saturated heterocycles. The fourth-order valence-electron chi connectivity index (χ4n) is 2.26. The number of amides is 1. The van der Waals surface area contributed by atoms with Gasteiger partial charge in [-0.3, -0.25) is 0 Å². The van der Waals surface area contributed by atoms with E-state index in [0.29, 0.717) is 12.3 Å². The third-order valence-electron chi connectivity index (χ3n) is 3.13. The van der Waals surface area contributed by atoms with Crippen LogP contribution in [0.1, 0.15) is 52.9 Å². The molecule has 110 valence electrons. The van der Waals surface area contributed by atoms with Crippen molar-refractivity contribution in [2.75, 3.05) is 0 Å². The Kier molecular flexibility index (Phi) is 5.91. The van der Waals surface area contributed by atoms with Crippen molar-refractivity contribution < 1.29 is 14.7 Å². The van der Waals surface area contributed by atoms with Gasteiger partial charge in [-0.25, -0.2) is 4.79 Å². The summed E-state index contributed by atoms with van der Waals surface area (Å²) in [7, 11) is 0. The SMILES string of the molecule is CC(C)(C)OC(=O)N[C@H]1CC[C@H](C/C(Cl)=N/O)CC1. The number of rotatable bonds is 3. The second-order valence-corrected chi connectivity index (χ2v) is 6.48. The molecule has 0 bridgehead atoms. The summed E-state index contributed by atoms with van der Waals surface area (Å²) in [6, 6.07) is 0.163. The van der Waals surface area contributed by atoms with E-state index in [1.165, 1.54) is 0 Å². The Morgan fingerprint density at radius 2 is 1.95 bits per heavy atom. The molecule has 0 unspecified atom stereocenters. The van der Waals surface area contributed by atoms with Gasteiger partial charge in [0, 0.05) is 12.5 Å². The summed E-state index contributed by atoms with van der Waals surface area (Å²) in [5, 5.41) is 14.7. The molecule has 1 fully saturated rings. The molecule has 6 heteroatoms. The lowest BCUT2D eigenvalue weighted by molar-refractivity contribution is 0.0487. The van der Waals surface area contributed by atoms with Gasteiger partial charge in [0.2, 0.25) is 0 Å². The summed E-state index contributed by atoms with van der Waals surface area (Å²) in [5.74, 6) is 0.431. The predicted octanol–water partition coefficient (Wildman–Crippen LogP) is 3.49. The number of hydrogen-bond acceptors (Lipinski definition) is 4. The lowest BCUT2D eigenvalue weighted by atomic mass is 9.84. The highest BCUT2D eigenvalue weighted by atomic mass is 35.5. The number of nitrogens with zero attached hydrogens (tertiary/aromatic N) is 1. The fraction of sp³-hybridized carbons (Fsp3) is 0.846. The van der Waals surface area contributed by atoms with Crippen LogP contribution in [-0.4, -0.2) is 28.1 Å². The normalized spacial score (nSPS) is 24.9. The van der Waals surface area contributed by atoms with Gasteiger partial charge in [0.25, 0.3) is 0 Å². The van der Waals surface area contributed by atoms with Crippen LogP contribution in [0.25, 0.3) is 0 Å². The molecule has 2 N–H and O–H groups in total. The van der Waals surface area contributed by atoms with Crippen LogP contribution in [0, 0.1) is 5.92 Å². The molecule has 0 aromatic carbocycles. The number of alkyl carbamates (subject to hydrolysis) is 1. The Balaban J connectivity index is 2.29. The van der Waals surface area contributed by atoms with E-state index in [4.69, 9.17) is 21.5 Å². The average molecular weight is 291 g/mol. The molecule has 1 aliphatic carbocycles. The summed E-state index contributed by atoms with van der Waals surface area (Å²) in [5.41, 5.74) is -0.466. The second-order valence-electron chi connectivity index (χ2n) is 6.04. The third kappa shape index (κ3) is 6.66.